The van der Waals surface area contributed by atoms with Crippen molar-refractivity contribution >= 4 is 83.0 Å². The second-order valence-electron chi connectivity index (χ2n) is 13.4. The van der Waals surface area contributed by atoms with E-state index < -0.39 is 0 Å². The van der Waals surface area contributed by atoms with E-state index in [9.17, 15) is 0 Å². The third kappa shape index (κ3) is 4.39. The number of thiophene rings is 2. The van der Waals surface area contributed by atoms with Gasteiger partial charge in [-0.3, -0.25) is 0 Å². The van der Waals surface area contributed by atoms with Crippen molar-refractivity contribution in [1.29, 1.82) is 0 Å². The molecule has 0 N–H and O–H groups in total. The van der Waals surface area contributed by atoms with E-state index in [4.69, 9.17) is 4.42 Å². The molecule has 7 aromatic carbocycles. The Bertz CT molecular complexity index is 2950. The molecular weight excluding hydrogens is 657 g/mol. The molecule has 0 unspecified atom stereocenters. The molecule has 0 fully saturated rings. The zero-order valence-electron chi connectivity index (χ0n) is 27.7. The lowest BCUT2D eigenvalue weighted by atomic mass is 9.81. The Morgan fingerprint density at radius 3 is 1.65 bits per heavy atom. The minimum Gasteiger partial charge on any atom is -0.456 e. The fourth-order valence-electron chi connectivity index (χ4n) is 8.61. The third-order valence-corrected chi connectivity index (χ3v) is 12.5. The quantitative estimate of drug-likeness (QED) is 0.168. The molecule has 1 aliphatic rings. The van der Waals surface area contributed by atoms with Crippen LogP contribution in [0, 0.1) is 0 Å². The largest absolute Gasteiger partial charge is 0.456 e. The van der Waals surface area contributed by atoms with Crippen molar-refractivity contribution in [2.45, 2.75) is 12.8 Å². The normalized spacial score (nSPS) is 12.9. The van der Waals surface area contributed by atoms with Gasteiger partial charge in [0.05, 0.1) is 0 Å². The van der Waals surface area contributed by atoms with E-state index in [0.717, 1.165) is 34.8 Å². The molecule has 0 bridgehead atoms. The second kappa shape index (κ2) is 11.4. The molecule has 0 spiro atoms. The summed E-state index contributed by atoms with van der Waals surface area (Å²) < 4.78 is 6.67. The maximum absolute atomic E-state index is 6.67. The van der Waals surface area contributed by atoms with Crippen LogP contribution >= 0.6 is 22.7 Å². The minimum absolute atomic E-state index is 0.912. The average Bonchev–Trinajstić information content (AvgIpc) is 3.98. The highest BCUT2D eigenvalue weighted by Gasteiger charge is 2.23. The molecule has 11 rings (SSSR count). The summed E-state index contributed by atoms with van der Waals surface area (Å²) in [4.78, 5) is 2.64. The van der Waals surface area contributed by atoms with Gasteiger partial charge in [0, 0.05) is 31.7 Å². The Hall–Kier alpha value is -5.74. The maximum atomic E-state index is 6.67. The second-order valence-corrected chi connectivity index (χ2v) is 15.3. The average molecular weight is 687 g/mol. The molecule has 0 saturated heterocycles. The van der Waals surface area contributed by atoms with E-state index in [-0.39, 0.29) is 0 Å². The van der Waals surface area contributed by atoms with Gasteiger partial charge in [0.2, 0.25) is 0 Å². The number of hydrogen-bond acceptors (Lipinski definition) is 3. The number of benzene rings is 7. The summed E-state index contributed by atoms with van der Waals surface area (Å²) in [7, 11) is 0. The number of fused-ring (bicyclic) bond motifs is 7. The van der Waals surface area contributed by atoms with Crippen LogP contribution < -0.4 is 0 Å². The van der Waals surface area contributed by atoms with Gasteiger partial charge in [-0.15, -0.1) is 22.7 Å². The summed E-state index contributed by atoms with van der Waals surface area (Å²) in [5.41, 5.74) is 12.3. The first-order valence-corrected chi connectivity index (χ1v) is 19.3. The van der Waals surface area contributed by atoms with Crippen LogP contribution in [-0.2, 0) is 6.42 Å². The van der Waals surface area contributed by atoms with Gasteiger partial charge in [-0.2, -0.15) is 0 Å². The Balaban J connectivity index is 1.12. The van der Waals surface area contributed by atoms with Gasteiger partial charge in [0.25, 0.3) is 0 Å². The highest BCUT2D eigenvalue weighted by molar-refractivity contribution is 7.14. The Morgan fingerprint density at radius 1 is 0.431 bits per heavy atom. The van der Waals surface area contributed by atoms with Gasteiger partial charge in [-0.1, -0.05) is 109 Å². The molecule has 10 aromatic rings. The van der Waals surface area contributed by atoms with Crippen LogP contribution in [0.4, 0.5) is 0 Å². The SMILES string of the molecule is C1=Cc2c(c(-c3cccs3)c3ccccc3c2-c2ccc3c(c2)oc2ccc(-c4c5ccccc5c(-c5cccs5)c5ccccc45)cc23)CC1. The van der Waals surface area contributed by atoms with Gasteiger partial charge in [0.1, 0.15) is 11.2 Å². The van der Waals surface area contributed by atoms with E-state index in [2.05, 4.69) is 156 Å². The first-order chi connectivity index (χ1) is 25.3. The van der Waals surface area contributed by atoms with Gasteiger partial charge in [-0.05, 0) is 126 Å². The predicted molar refractivity (Wildman–Crippen MR) is 221 cm³/mol. The lowest BCUT2D eigenvalue weighted by Crippen LogP contribution is -2.01. The van der Waals surface area contributed by atoms with Crippen LogP contribution in [0.25, 0.3) is 103 Å². The van der Waals surface area contributed by atoms with Crippen molar-refractivity contribution in [2.75, 3.05) is 0 Å². The first kappa shape index (κ1) is 29.0. The van der Waals surface area contributed by atoms with Crippen molar-refractivity contribution in [2.24, 2.45) is 0 Å². The predicted octanol–water partition coefficient (Wildman–Crippen LogP) is 14.8. The van der Waals surface area contributed by atoms with Gasteiger partial charge >= 0.3 is 0 Å². The number of allylic oxidation sites excluding steroid dienone is 1. The molecule has 0 atom stereocenters. The lowest BCUT2D eigenvalue weighted by Gasteiger charge is -2.23. The molecule has 240 valence electrons. The van der Waals surface area contributed by atoms with Gasteiger partial charge in [-0.25, -0.2) is 0 Å². The third-order valence-electron chi connectivity index (χ3n) is 10.7. The maximum Gasteiger partial charge on any atom is 0.136 e. The highest BCUT2D eigenvalue weighted by Crippen LogP contribution is 2.48. The van der Waals surface area contributed by atoms with Crippen molar-refractivity contribution in [3.05, 3.63) is 161 Å². The molecule has 1 nitrogen and oxygen atoms in total. The highest BCUT2D eigenvalue weighted by atomic mass is 32.1. The van der Waals surface area contributed by atoms with Gasteiger partial charge < -0.3 is 4.42 Å². The number of furan rings is 1. The van der Waals surface area contributed by atoms with Crippen molar-refractivity contribution in [1.82, 2.24) is 0 Å². The van der Waals surface area contributed by atoms with Crippen molar-refractivity contribution in [3.63, 3.8) is 0 Å². The van der Waals surface area contributed by atoms with E-state index in [1.807, 2.05) is 11.3 Å². The van der Waals surface area contributed by atoms with Crippen LogP contribution in [0.2, 0.25) is 0 Å². The zero-order chi connectivity index (χ0) is 33.5. The van der Waals surface area contributed by atoms with E-state index in [0.29, 0.717) is 0 Å². The summed E-state index contributed by atoms with van der Waals surface area (Å²) in [6.07, 6.45) is 6.80. The molecule has 51 heavy (non-hydrogen) atoms. The minimum atomic E-state index is 0.912. The molecule has 1 aliphatic carbocycles. The summed E-state index contributed by atoms with van der Waals surface area (Å²) >= 11 is 3.63. The molecule has 3 aromatic heterocycles. The monoisotopic (exact) mass is 686 g/mol. The summed E-state index contributed by atoms with van der Waals surface area (Å²) in [6.45, 7) is 0. The van der Waals surface area contributed by atoms with Crippen LogP contribution in [0.15, 0.2) is 155 Å². The summed E-state index contributed by atoms with van der Waals surface area (Å²) in [5, 5.41) is 14.4. The van der Waals surface area contributed by atoms with E-state index in [1.54, 1.807) is 11.3 Å². The van der Waals surface area contributed by atoms with Crippen molar-refractivity contribution < 1.29 is 4.42 Å². The fraction of sp³-hybridized carbons (Fsp3) is 0.0417. The van der Waals surface area contributed by atoms with Crippen LogP contribution in [-0.4, -0.2) is 0 Å². The molecule has 0 aliphatic heterocycles. The molecule has 0 saturated carbocycles. The fourth-order valence-corrected chi connectivity index (χ4v) is 10.2. The van der Waals surface area contributed by atoms with Crippen LogP contribution in [0.3, 0.4) is 0 Å². The molecule has 0 amide bonds. The number of rotatable bonds is 4. The van der Waals surface area contributed by atoms with Crippen LogP contribution in [0.5, 0.6) is 0 Å². The van der Waals surface area contributed by atoms with Crippen LogP contribution in [0.1, 0.15) is 17.5 Å². The molecule has 3 heteroatoms. The van der Waals surface area contributed by atoms with Gasteiger partial charge in [0.15, 0.2) is 0 Å². The standard InChI is InChI=1S/C48H30OS2/c1-5-15-36-32(11-1)45(33-12-2-6-16-37(33)47(36)43-19-9-25-50-43)29-22-24-41-40(27-29)31-23-21-30(28-42(31)49-41)46-34-13-3-7-17-38(34)48(44-20-10-26-51-44)39-18-8-4-14-35(39)46/h1-7,9-17,19-28H,8,18H2. The Kier molecular flexibility index (Phi) is 6.49. The molecular formula is C48H30OS2. The van der Waals surface area contributed by atoms with Crippen molar-refractivity contribution in [3.8, 4) is 43.1 Å². The Morgan fingerprint density at radius 2 is 1.00 bits per heavy atom. The topological polar surface area (TPSA) is 13.1 Å². The van der Waals surface area contributed by atoms with E-state index in [1.165, 1.54) is 86.6 Å². The summed E-state index contributed by atoms with van der Waals surface area (Å²) in [6, 6.07) is 49.1. The summed E-state index contributed by atoms with van der Waals surface area (Å²) in [5.74, 6) is 0. The number of hydrogen-bond donors (Lipinski definition) is 0. The zero-order valence-corrected chi connectivity index (χ0v) is 29.3. The smallest absolute Gasteiger partial charge is 0.136 e. The Labute approximate surface area is 303 Å². The van der Waals surface area contributed by atoms with E-state index >= 15 is 0 Å². The molecule has 3 heterocycles. The first-order valence-electron chi connectivity index (χ1n) is 17.5. The molecule has 0 radical (unpaired) electrons. The lowest BCUT2D eigenvalue weighted by molar-refractivity contribution is 0.669.